The Morgan fingerprint density at radius 2 is 1.89 bits per heavy atom. The van der Waals surface area contributed by atoms with Crippen LogP contribution in [0.5, 0.6) is 0 Å². The van der Waals surface area contributed by atoms with Crippen LogP contribution in [0.4, 0.5) is 5.82 Å². The zero-order valence-corrected chi connectivity index (χ0v) is 16.6. The quantitative estimate of drug-likeness (QED) is 0.574. The molecule has 2 aromatic rings. The molecule has 7 heteroatoms. The molecule has 1 aliphatic carbocycles. The standard InChI is InChI=1S/C20H28N4O2S/c25-24(26)15-17-7-2-1-6-16(17)14-22-10-5-11-23(13-12-22)20-18-8-3-4-9-19(18)27-21-20/h3-4,8-9,16-17H,1-2,5-7,10-15H2. The molecule has 0 bridgehead atoms. The zero-order valence-electron chi connectivity index (χ0n) is 15.8. The average molecular weight is 389 g/mol. The van der Waals surface area contributed by atoms with Crippen molar-refractivity contribution in [3.63, 3.8) is 0 Å². The van der Waals surface area contributed by atoms with Gasteiger partial charge < -0.3 is 9.80 Å². The lowest BCUT2D eigenvalue weighted by atomic mass is 9.79. The summed E-state index contributed by atoms with van der Waals surface area (Å²) in [6.07, 6.45) is 5.67. The maximum atomic E-state index is 11.0. The fourth-order valence-corrected chi connectivity index (χ4v) is 5.55. The van der Waals surface area contributed by atoms with Crippen LogP contribution in [-0.2, 0) is 0 Å². The fraction of sp³-hybridized carbons (Fsp3) is 0.650. The van der Waals surface area contributed by atoms with Crippen molar-refractivity contribution in [2.75, 3.05) is 44.2 Å². The van der Waals surface area contributed by atoms with Crippen molar-refractivity contribution in [1.82, 2.24) is 9.27 Å². The van der Waals surface area contributed by atoms with Crippen molar-refractivity contribution >= 4 is 27.4 Å². The highest BCUT2D eigenvalue weighted by atomic mass is 32.1. The molecule has 1 saturated heterocycles. The molecular formula is C20H28N4O2S. The zero-order chi connectivity index (χ0) is 18.6. The van der Waals surface area contributed by atoms with Gasteiger partial charge in [0, 0.05) is 42.4 Å². The minimum atomic E-state index is -0.111. The van der Waals surface area contributed by atoms with Crippen molar-refractivity contribution in [1.29, 1.82) is 0 Å². The summed E-state index contributed by atoms with van der Waals surface area (Å²) in [7, 11) is 0. The summed E-state index contributed by atoms with van der Waals surface area (Å²) >= 11 is 1.58. The third kappa shape index (κ3) is 4.41. The Kier molecular flexibility index (Phi) is 5.88. The predicted octanol–water partition coefficient (Wildman–Crippen LogP) is 3.89. The molecule has 1 saturated carbocycles. The van der Waals surface area contributed by atoms with Crippen LogP contribution in [0.3, 0.4) is 0 Å². The summed E-state index contributed by atoms with van der Waals surface area (Å²) < 4.78 is 5.97. The molecule has 2 heterocycles. The van der Waals surface area contributed by atoms with E-state index in [0.29, 0.717) is 5.92 Å². The first-order valence-electron chi connectivity index (χ1n) is 10.1. The minimum Gasteiger partial charge on any atom is -0.354 e. The highest BCUT2D eigenvalue weighted by Gasteiger charge is 2.31. The summed E-state index contributed by atoms with van der Waals surface area (Å²) in [5, 5.41) is 12.3. The molecule has 0 N–H and O–H groups in total. The molecule has 0 amide bonds. The SMILES string of the molecule is O=[N+]([O-])CC1CCCCC1CN1CCCN(c2nsc3ccccc23)CC1. The Bertz CT molecular complexity index is 780. The first-order valence-corrected chi connectivity index (χ1v) is 10.9. The monoisotopic (exact) mass is 388 g/mol. The van der Waals surface area contributed by atoms with Crippen molar-refractivity contribution in [2.24, 2.45) is 11.8 Å². The summed E-state index contributed by atoms with van der Waals surface area (Å²) in [6, 6.07) is 8.46. The smallest absolute Gasteiger partial charge is 0.206 e. The molecule has 146 valence electrons. The molecular weight excluding hydrogens is 360 g/mol. The van der Waals surface area contributed by atoms with Gasteiger partial charge in [-0.25, -0.2) is 0 Å². The highest BCUT2D eigenvalue weighted by molar-refractivity contribution is 7.13. The van der Waals surface area contributed by atoms with E-state index in [-0.39, 0.29) is 17.4 Å². The van der Waals surface area contributed by atoms with E-state index in [9.17, 15) is 10.1 Å². The molecule has 2 aliphatic rings. The third-order valence-corrected chi connectivity index (χ3v) is 7.01. The van der Waals surface area contributed by atoms with Crippen LogP contribution in [0.2, 0.25) is 0 Å². The summed E-state index contributed by atoms with van der Waals surface area (Å²) in [5.74, 6) is 1.87. The van der Waals surface area contributed by atoms with Crippen LogP contribution < -0.4 is 4.90 Å². The van der Waals surface area contributed by atoms with Gasteiger partial charge in [-0.05, 0) is 55.4 Å². The van der Waals surface area contributed by atoms with Crippen molar-refractivity contribution in [3.05, 3.63) is 34.4 Å². The molecule has 1 aromatic heterocycles. The van der Waals surface area contributed by atoms with Gasteiger partial charge in [0.05, 0.1) is 4.70 Å². The van der Waals surface area contributed by atoms with Gasteiger partial charge in [-0.1, -0.05) is 25.0 Å². The number of nitrogens with zero attached hydrogens (tertiary/aromatic N) is 4. The number of nitro groups is 1. The molecule has 1 aromatic carbocycles. The van der Waals surface area contributed by atoms with Crippen LogP contribution in [-0.4, -0.2) is 53.5 Å². The molecule has 0 spiro atoms. The van der Waals surface area contributed by atoms with Gasteiger partial charge in [0.15, 0.2) is 0 Å². The minimum absolute atomic E-state index is 0.111. The lowest BCUT2D eigenvalue weighted by Gasteiger charge is -2.33. The predicted molar refractivity (Wildman–Crippen MR) is 110 cm³/mol. The van der Waals surface area contributed by atoms with Gasteiger partial charge in [0.1, 0.15) is 5.82 Å². The van der Waals surface area contributed by atoms with Crippen LogP contribution in [0, 0.1) is 22.0 Å². The largest absolute Gasteiger partial charge is 0.354 e. The van der Waals surface area contributed by atoms with Gasteiger partial charge in [-0.2, -0.15) is 4.37 Å². The first kappa shape index (κ1) is 18.6. The van der Waals surface area contributed by atoms with Crippen molar-refractivity contribution in [3.8, 4) is 0 Å². The molecule has 6 nitrogen and oxygen atoms in total. The maximum absolute atomic E-state index is 11.0. The van der Waals surface area contributed by atoms with Crippen LogP contribution in [0.1, 0.15) is 32.1 Å². The average Bonchev–Trinajstić information content (AvgIpc) is 2.96. The Morgan fingerprint density at radius 3 is 2.74 bits per heavy atom. The fourth-order valence-electron chi connectivity index (χ4n) is 4.75. The molecule has 27 heavy (non-hydrogen) atoms. The van der Waals surface area contributed by atoms with Gasteiger partial charge in [-0.3, -0.25) is 10.1 Å². The Hall–Kier alpha value is -1.73. The van der Waals surface area contributed by atoms with Gasteiger partial charge in [-0.15, -0.1) is 0 Å². The van der Waals surface area contributed by atoms with E-state index in [1.165, 1.54) is 16.5 Å². The van der Waals surface area contributed by atoms with Gasteiger partial charge in [0.25, 0.3) is 0 Å². The van der Waals surface area contributed by atoms with E-state index in [1.807, 2.05) is 0 Å². The van der Waals surface area contributed by atoms with Crippen molar-refractivity contribution < 1.29 is 4.92 Å². The molecule has 1 aliphatic heterocycles. The number of benzene rings is 1. The lowest BCUT2D eigenvalue weighted by molar-refractivity contribution is -0.490. The number of anilines is 1. The van der Waals surface area contributed by atoms with E-state index >= 15 is 0 Å². The third-order valence-electron chi connectivity index (χ3n) is 6.19. The number of fused-ring (bicyclic) bond motifs is 1. The molecule has 2 fully saturated rings. The Balaban J connectivity index is 1.39. The molecule has 4 rings (SSSR count). The highest BCUT2D eigenvalue weighted by Crippen LogP contribution is 2.32. The second kappa shape index (κ2) is 8.52. The number of hydrogen-bond acceptors (Lipinski definition) is 6. The number of rotatable bonds is 5. The number of aromatic nitrogens is 1. The summed E-state index contributed by atoms with van der Waals surface area (Å²) in [5.41, 5.74) is 0. The Morgan fingerprint density at radius 1 is 1.07 bits per heavy atom. The van der Waals surface area contributed by atoms with Gasteiger partial charge >= 0.3 is 0 Å². The second-order valence-corrected chi connectivity index (χ2v) is 8.77. The number of hydrogen-bond donors (Lipinski definition) is 0. The maximum Gasteiger partial charge on any atom is 0.206 e. The van der Waals surface area contributed by atoms with E-state index in [4.69, 9.17) is 4.37 Å². The topological polar surface area (TPSA) is 62.5 Å². The lowest BCUT2D eigenvalue weighted by Crippen LogP contribution is -2.39. The summed E-state index contributed by atoms with van der Waals surface area (Å²) in [4.78, 5) is 15.9. The van der Waals surface area contributed by atoms with Crippen LogP contribution in [0.15, 0.2) is 24.3 Å². The second-order valence-electron chi connectivity index (χ2n) is 7.96. The molecule has 0 radical (unpaired) electrons. The van der Waals surface area contributed by atoms with E-state index in [1.54, 1.807) is 11.5 Å². The van der Waals surface area contributed by atoms with Crippen LogP contribution in [0.25, 0.3) is 10.1 Å². The first-order chi connectivity index (χ1) is 13.2. The normalized spacial score (nSPS) is 24.8. The van der Waals surface area contributed by atoms with E-state index in [2.05, 4.69) is 34.1 Å². The van der Waals surface area contributed by atoms with E-state index < -0.39 is 0 Å². The summed E-state index contributed by atoms with van der Waals surface area (Å²) in [6.45, 7) is 5.29. The van der Waals surface area contributed by atoms with Gasteiger partial charge in [0.2, 0.25) is 6.54 Å². The van der Waals surface area contributed by atoms with Crippen LogP contribution >= 0.6 is 11.5 Å². The van der Waals surface area contributed by atoms with E-state index in [0.717, 1.165) is 64.2 Å². The Labute approximate surface area is 164 Å². The molecule has 2 atom stereocenters. The van der Waals surface area contributed by atoms with Crippen molar-refractivity contribution in [2.45, 2.75) is 32.1 Å². The molecule has 2 unspecified atom stereocenters.